The number of unbranched alkanes of at least 4 members (excludes halogenated alkanes) is 28. The lowest BCUT2D eigenvalue weighted by atomic mass is 9.59. The lowest BCUT2D eigenvalue weighted by Gasteiger charge is -2.44. The van der Waals surface area contributed by atoms with Crippen LogP contribution < -0.4 is 0 Å². The predicted molar refractivity (Wildman–Crippen MR) is 262 cm³/mol. The first-order valence-corrected chi connectivity index (χ1v) is 26.9. The molecule has 0 aliphatic carbocycles. The van der Waals surface area contributed by atoms with E-state index in [1.807, 2.05) is 0 Å². The minimum Gasteiger partial charge on any atom is -0.478 e. The Bertz CT molecular complexity index is 1190. The Balaban J connectivity index is 4.20. The second kappa shape index (κ2) is 36.6. The number of hydrogen-bond donors (Lipinski definition) is 2. The molecule has 0 fully saturated rings. The molecule has 1 rings (SSSR count). The molecule has 0 radical (unpaired) electrons. The molecule has 350 valence electrons. The molecular weight excluding hydrogens is 737 g/mol. The monoisotopic (exact) mass is 839 g/mol. The number of hydrogen-bond acceptors (Lipinski definition) is 2. The fraction of sp³-hybridized carbons (Fsp3) is 0.857. The standard InChI is InChI=1S/C56H102O4/c1-7-13-19-25-29-33-38-45-55(43-35-23-17-11-5,44-37-31-27-21-15-9-3)50-42-41-49(53(57)58)51(54(59)60)52(50)56(46-36-24-18-12-6,47-39-32-28-22-16-10-4)48-40-34-30-26-20-14-8-2/h41-42H,7-40,43-48H2,1-6H3,(H,57,58)(H,59,60). The van der Waals surface area contributed by atoms with Gasteiger partial charge in [-0.2, -0.15) is 0 Å². The molecule has 1 aromatic rings. The van der Waals surface area contributed by atoms with Crippen molar-refractivity contribution in [3.63, 3.8) is 0 Å². The van der Waals surface area contributed by atoms with E-state index < -0.39 is 11.9 Å². The fourth-order valence-corrected chi connectivity index (χ4v) is 10.6. The van der Waals surface area contributed by atoms with E-state index in [1.54, 1.807) is 6.07 Å². The molecule has 0 aliphatic rings. The third-order valence-corrected chi connectivity index (χ3v) is 14.3. The summed E-state index contributed by atoms with van der Waals surface area (Å²) < 4.78 is 0. The molecule has 0 saturated carbocycles. The van der Waals surface area contributed by atoms with Gasteiger partial charge in [0, 0.05) is 0 Å². The summed E-state index contributed by atoms with van der Waals surface area (Å²) in [6.45, 7) is 13.7. The van der Waals surface area contributed by atoms with Crippen LogP contribution in [0.15, 0.2) is 12.1 Å². The molecule has 0 heterocycles. The average Bonchev–Trinajstić information content (AvgIpc) is 3.24. The van der Waals surface area contributed by atoms with E-state index in [9.17, 15) is 19.8 Å². The van der Waals surface area contributed by atoms with Crippen molar-refractivity contribution >= 4 is 11.9 Å². The van der Waals surface area contributed by atoms with Crippen molar-refractivity contribution in [2.45, 2.75) is 309 Å². The van der Waals surface area contributed by atoms with E-state index in [-0.39, 0.29) is 22.0 Å². The van der Waals surface area contributed by atoms with Gasteiger partial charge in [-0.3, -0.25) is 0 Å². The van der Waals surface area contributed by atoms with Crippen molar-refractivity contribution in [2.75, 3.05) is 0 Å². The van der Waals surface area contributed by atoms with Gasteiger partial charge >= 0.3 is 11.9 Å². The van der Waals surface area contributed by atoms with Gasteiger partial charge in [0.1, 0.15) is 0 Å². The smallest absolute Gasteiger partial charge is 0.336 e. The summed E-state index contributed by atoms with van der Waals surface area (Å²) in [6.07, 6.45) is 47.7. The Morgan fingerprint density at radius 2 is 0.600 bits per heavy atom. The second-order valence-electron chi connectivity index (χ2n) is 19.5. The molecular formula is C56H102O4. The molecule has 1 aromatic carbocycles. The van der Waals surface area contributed by atoms with Gasteiger partial charge in [-0.05, 0) is 66.5 Å². The van der Waals surface area contributed by atoms with Crippen LogP contribution in [0.4, 0.5) is 0 Å². The zero-order valence-electron chi connectivity index (χ0n) is 41.1. The molecule has 4 heteroatoms. The van der Waals surface area contributed by atoms with E-state index in [4.69, 9.17) is 0 Å². The molecule has 0 amide bonds. The van der Waals surface area contributed by atoms with Gasteiger partial charge in [-0.25, -0.2) is 9.59 Å². The molecule has 60 heavy (non-hydrogen) atoms. The van der Waals surface area contributed by atoms with Gasteiger partial charge in [-0.1, -0.05) is 266 Å². The Kier molecular flexibility index (Phi) is 34.3. The molecule has 0 bridgehead atoms. The normalized spacial score (nSPS) is 13.7. The highest BCUT2D eigenvalue weighted by Gasteiger charge is 2.43. The molecule has 4 nitrogen and oxygen atoms in total. The van der Waals surface area contributed by atoms with E-state index in [0.717, 1.165) is 89.0 Å². The number of carbonyl (C=O) groups is 2. The summed E-state index contributed by atoms with van der Waals surface area (Å²) in [5.41, 5.74) is 1.91. The zero-order chi connectivity index (χ0) is 44.2. The van der Waals surface area contributed by atoms with Gasteiger partial charge < -0.3 is 10.2 Å². The maximum absolute atomic E-state index is 14.0. The maximum atomic E-state index is 14.0. The van der Waals surface area contributed by atoms with Crippen molar-refractivity contribution in [1.82, 2.24) is 0 Å². The largest absolute Gasteiger partial charge is 0.478 e. The Labute approximate surface area is 374 Å². The van der Waals surface area contributed by atoms with Crippen LogP contribution in [0.25, 0.3) is 0 Å². The number of rotatable bonds is 44. The third-order valence-electron chi connectivity index (χ3n) is 14.3. The molecule has 2 N–H and O–H groups in total. The van der Waals surface area contributed by atoms with E-state index in [2.05, 4.69) is 47.6 Å². The molecule has 2 atom stereocenters. The Morgan fingerprint density at radius 1 is 0.350 bits per heavy atom. The highest BCUT2D eigenvalue weighted by atomic mass is 16.4. The predicted octanol–water partition coefficient (Wildman–Crippen LogP) is 19.3. The first-order chi connectivity index (χ1) is 29.2. The van der Waals surface area contributed by atoms with Crippen LogP contribution in [0.3, 0.4) is 0 Å². The van der Waals surface area contributed by atoms with E-state index >= 15 is 0 Å². The lowest BCUT2D eigenvalue weighted by molar-refractivity contribution is 0.0647. The fourth-order valence-electron chi connectivity index (χ4n) is 10.6. The SMILES string of the molecule is CCCCCCCCCC(CCCCCC)(CCCCCCCC)c1ccc(C(=O)O)c(C(=O)O)c1C(CCCCCC)(CCCCCCCC)CCCCCCCCC. The van der Waals surface area contributed by atoms with Gasteiger partial charge in [0.25, 0.3) is 0 Å². The highest BCUT2D eigenvalue weighted by Crippen LogP contribution is 2.51. The minimum atomic E-state index is -1.09. The molecule has 0 aromatic heterocycles. The third kappa shape index (κ3) is 22.5. The summed E-state index contributed by atoms with van der Waals surface area (Å²) >= 11 is 0. The van der Waals surface area contributed by atoms with Crippen LogP contribution in [-0.2, 0) is 10.8 Å². The molecule has 0 spiro atoms. The van der Waals surface area contributed by atoms with Crippen LogP contribution in [0.5, 0.6) is 0 Å². The molecule has 2 unspecified atom stereocenters. The summed E-state index contributed by atoms with van der Waals surface area (Å²) in [6, 6.07) is 3.94. The Morgan fingerprint density at radius 3 is 0.867 bits per heavy atom. The highest BCUT2D eigenvalue weighted by molar-refractivity contribution is 6.03. The topological polar surface area (TPSA) is 74.6 Å². The van der Waals surface area contributed by atoms with Crippen LogP contribution in [0, 0.1) is 0 Å². The first kappa shape index (κ1) is 56.2. The van der Waals surface area contributed by atoms with Crippen molar-refractivity contribution in [1.29, 1.82) is 0 Å². The van der Waals surface area contributed by atoms with Crippen molar-refractivity contribution < 1.29 is 19.8 Å². The summed E-state index contributed by atoms with van der Waals surface area (Å²) in [5, 5.41) is 22.2. The van der Waals surface area contributed by atoms with Crippen LogP contribution in [0.1, 0.15) is 330 Å². The molecule has 0 aliphatic heterocycles. The summed E-state index contributed by atoms with van der Waals surface area (Å²) in [5.74, 6) is -2.12. The zero-order valence-corrected chi connectivity index (χ0v) is 41.1. The van der Waals surface area contributed by atoms with Crippen molar-refractivity contribution in [3.8, 4) is 0 Å². The van der Waals surface area contributed by atoms with Crippen molar-refractivity contribution in [2.24, 2.45) is 0 Å². The van der Waals surface area contributed by atoms with Gasteiger partial charge in [0.05, 0.1) is 11.1 Å². The van der Waals surface area contributed by atoms with Crippen LogP contribution >= 0.6 is 0 Å². The van der Waals surface area contributed by atoms with E-state index in [1.165, 1.54) is 179 Å². The van der Waals surface area contributed by atoms with Gasteiger partial charge in [0.15, 0.2) is 0 Å². The average molecular weight is 839 g/mol. The van der Waals surface area contributed by atoms with Crippen LogP contribution in [-0.4, -0.2) is 22.2 Å². The number of aromatic carboxylic acids is 2. The summed E-state index contributed by atoms with van der Waals surface area (Å²) in [7, 11) is 0. The summed E-state index contributed by atoms with van der Waals surface area (Å²) in [4.78, 5) is 27.2. The minimum absolute atomic E-state index is 0.0112. The molecule has 0 saturated heterocycles. The van der Waals surface area contributed by atoms with Crippen LogP contribution in [0.2, 0.25) is 0 Å². The van der Waals surface area contributed by atoms with Gasteiger partial charge in [0.2, 0.25) is 0 Å². The number of carboxylic acids is 2. The number of benzene rings is 1. The lowest BCUT2D eigenvalue weighted by Crippen LogP contribution is -2.37. The Hall–Kier alpha value is -1.84. The van der Waals surface area contributed by atoms with Gasteiger partial charge in [-0.15, -0.1) is 0 Å². The maximum Gasteiger partial charge on any atom is 0.336 e. The van der Waals surface area contributed by atoms with Crippen molar-refractivity contribution in [3.05, 3.63) is 34.4 Å². The first-order valence-electron chi connectivity index (χ1n) is 26.9. The van der Waals surface area contributed by atoms with E-state index in [0.29, 0.717) is 0 Å². The number of carboxylic acid groups (broad SMARTS) is 2. The quantitative estimate of drug-likeness (QED) is 0.0642. The second-order valence-corrected chi connectivity index (χ2v) is 19.5.